The number of amides is 1. The van der Waals surface area contributed by atoms with E-state index in [1.807, 2.05) is 26.8 Å². The molecule has 1 aromatic heterocycles. The van der Waals surface area contributed by atoms with E-state index in [2.05, 4.69) is 9.97 Å². The number of aryl methyl sites for hydroxylation is 2. The fraction of sp³-hybridized carbons (Fsp3) is 0.600. The average Bonchev–Trinajstić information content (AvgIpc) is 2.43. The Morgan fingerprint density at radius 2 is 1.95 bits per heavy atom. The summed E-state index contributed by atoms with van der Waals surface area (Å²) >= 11 is 1.30. The van der Waals surface area contributed by atoms with Crippen molar-refractivity contribution in [3.05, 3.63) is 17.5 Å². The maximum absolute atomic E-state index is 12.3. The smallest absolute Gasteiger partial charge is 0.308 e. The molecule has 1 amide bonds. The van der Waals surface area contributed by atoms with Gasteiger partial charge < -0.3 is 10.0 Å². The van der Waals surface area contributed by atoms with E-state index < -0.39 is 11.9 Å². The molecule has 1 aliphatic heterocycles. The van der Waals surface area contributed by atoms with Gasteiger partial charge in [0, 0.05) is 24.5 Å². The fourth-order valence-corrected chi connectivity index (χ4v) is 3.56. The van der Waals surface area contributed by atoms with E-state index in [-0.39, 0.29) is 17.6 Å². The first-order valence-corrected chi connectivity index (χ1v) is 8.29. The molecule has 2 heterocycles. The topological polar surface area (TPSA) is 83.4 Å². The minimum Gasteiger partial charge on any atom is -0.481 e. The Labute approximate surface area is 134 Å². The summed E-state index contributed by atoms with van der Waals surface area (Å²) in [7, 11) is 0. The number of nitrogens with zero attached hydrogens (tertiary/aromatic N) is 3. The van der Waals surface area contributed by atoms with Crippen molar-refractivity contribution in [3.63, 3.8) is 0 Å². The summed E-state index contributed by atoms with van der Waals surface area (Å²) in [5, 5.41) is 9.75. The Morgan fingerprint density at radius 3 is 2.55 bits per heavy atom. The zero-order chi connectivity index (χ0) is 16.3. The van der Waals surface area contributed by atoms with Crippen LogP contribution in [-0.4, -0.2) is 50.7 Å². The quantitative estimate of drug-likeness (QED) is 0.671. The fourth-order valence-electron chi connectivity index (χ4n) is 2.71. The summed E-state index contributed by atoms with van der Waals surface area (Å²) in [4.78, 5) is 33.7. The van der Waals surface area contributed by atoms with E-state index in [0.717, 1.165) is 11.4 Å². The number of aliphatic carboxylic acids is 1. The van der Waals surface area contributed by atoms with Crippen molar-refractivity contribution in [2.45, 2.75) is 32.3 Å². The molecule has 0 saturated carbocycles. The SMILES string of the molecule is Cc1cc(C)nc(SCC(=O)N2CC(C)CC(C(=O)O)C2)n1. The van der Waals surface area contributed by atoms with Crippen LogP contribution in [0.5, 0.6) is 0 Å². The number of likely N-dealkylation sites (tertiary alicyclic amines) is 1. The van der Waals surface area contributed by atoms with Gasteiger partial charge in [-0.3, -0.25) is 9.59 Å². The molecule has 1 aliphatic rings. The Hall–Kier alpha value is -1.63. The number of carbonyl (C=O) groups excluding carboxylic acids is 1. The second-order valence-corrected chi connectivity index (χ2v) is 6.84. The van der Waals surface area contributed by atoms with Crippen LogP contribution in [0.2, 0.25) is 0 Å². The number of hydrogen-bond donors (Lipinski definition) is 1. The minimum atomic E-state index is -0.824. The van der Waals surface area contributed by atoms with Gasteiger partial charge in [-0.05, 0) is 32.3 Å². The molecule has 2 unspecified atom stereocenters. The molecule has 0 bridgehead atoms. The second-order valence-electron chi connectivity index (χ2n) is 5.90. The number of hydrogen-bond acceptors (Lipinski definition) is 5. The highest BCUT2D eigenvalue weighted by Gasteiger charge is 2.31. The van der Waals surface area contributed by atoms with Crippen LogP contribution in [0.1, 0.15) is 24.7 Å². The van der Waals surface area contributed by atoms with Gasteiger partial charge in [0.15, 0.2) is 5.16 Å². The zero-order valence-corrected chi connectivity index (χ0v) is 13.9. The predicted octanol–water partition coefficient (Wildman–Crippen LogP) is 1.75. The van der Waals surface area contributed by atoms with E-state index in [0.29, 0.717) is 24.7 Å². The Balaban J connectivity index is 1.95. The van der Waals surface area contributed by atoms with Gasteiger partial charge in [-0.2, -0.15) is 0 Å². The van der Waals surface area contributed by atoms with Crippen LogP contribution in [0, 0.1) is 25.7 Å². The minimum absolute atomic E-state index is 0.0504. The van der Waals surface area contributed by atoms with Gasteiger partial charge in [-0.15, -0.1) is 0 Å². The summed E-state index contributed by atoms with van der Waals surface area (Å²) in [6.45, 7) is 6.69. The molecular weight excluding hydrogens is 302 g/mol. The van der Waals surface area contributed by atoms with Crippen LogP contribution < -0.4 is 0 Å². The van der Waals surface area contributed by atoms with Crippen molar-refractivity contribution in [2.24, 2.45) is 11.8 Å². The maximum atomic E-state index is 12.3. The van der Waals surface area contributed by atoms with Crippen molar-refractivity contribution in [1.82, 2.24) is 14.9 Å². The highest BCUT2D eigenvalue weighted by atomic mass is 32.2. The van der Waals surface area contributed by atoms with Crippen molar-refractivity contribution >= 4 is 23.6 Å². The molecule has 1 aromatic rings. The van der Waals surface area contributed by atoms with Gasteiger partial charge in [0.05, 0.1) is 11.7 Å². The van der Waals surface area contributed by atoms with Crippen LogP contribution >= 0.6 is 11.8 Å². The van der Waals surface area contributed by atoms with Gasteiger partial charge >= 0.3 is 5.97 Å². The first kappa shape index (κ1) is 16.7. The molecule has 1 N–H and O–H groups in total. The molecule has 7 heteroatoms. The molecule has 2 rings (SSSR count). The van der Waals surface area contributed by atoms with E-state index >= 15 is 0 Å². The van der Waals surface area contributed by atoms with Gasteiger partial charge in [0.1, 0.15) is 0 Å². The summed E-state index contributed by atoms with van der Waals surface area (Å²) in [5.74, 6) is -0.890. The number of carbonyl (C=O) groups is 2. The van der Waals surface area contributed by atoms with Crippen LogP contribution in [0.15, 0.2) is 11.2 Å². The maximum Gasteiger partial charge on any atom is 0.308 e. The number of piperidine rings is 1. The van der Waals surface area contributed by atoms with E-state index in [9.17, 15) is 9.59 Å². The van der Waals surface area contributed by atoms with Crippen molar-refractivity contribution in [3.8, 4) is 0 Å². The summed E-state index contributed by atoms with van der Waals surface area (Å²) in [5.41, 5.74) is 1.75. The standard InChI is InChI=1S/C15H21N3O3S/c1-9-4-12(14(20)21)7-18(6-9)13(19)8-22-15-16-10(2)5-11(3)17-15/h5,9,12H,4,6-8H2,1-3H3,(H,20,21). The molecular formula is C15H21N3O3S. The summed E-state index contributed by atoms with van der Waals surface area (Å²) in [6, 6.07) is 1.88. The molecule has 1 saturated heterocycles. The first-order valence-electron chi connectivity index (χ1n) is 7.31. The highest BCUT2D eigenvalue weighted by Crippen LogP contribution is 2.23. The van der Waals surface area contributed by atoms with Crippen molar-refractivity contribution < 1.29 is 14.7 Å². The van der Waals surface area contributed by atoms with Gasteiger partial charge in [-0.1, -0.05) is 18.7 Å². The lowest BCUT2D eigenvalue weighted by molar-refractivity contribution is -0.146. The summed E-state index contributed by atoms with van der Waals surface area (Å²) in [6.07, 6.45) is 0.631. The van der Waals surface area contributed by atoms with Crippen molar-refractivity contribution in [1.29, 1.82) is 0 Å². The lowest BCUT2D eigenvalue weighted by Crippen LogP contribution is -2.46. The zero-order valence-electron chi connectivity index (χ0n) is 13.1. The molecule has 0 aliphatic carbocycles. The third-order valence-electron chi connectivity index (χ3n) is 3.65. The monoisotopic (exact) mass is 323 g/mol. The predicted molar refractivity (Wildman–Crippen MR) is 83.7 cm³/mol. The largest absolute Gasteiger partial charge is 0.481 e. The van der Waals surface area contributed by atoms with E-state index in [1.165, 1.54) is 11.8 Å². The lowest BCUT2D eigenvalue weighted by atomic mass is 9.90. The molecule has 22 heavy (non-hydrogen) atoms. The van der Waals surface area contributed by atoms with Crippen LogP contribution in [-0.2, 0) is 9.59 Å². The highest BCUT2D eigenvalue weighted by molar-refractivity contribution is 7.99. The third kappa shape index (κ3) is 4.43. The Kier molecular flexibility index (Phi) is 5.39. The molecule has 0 aromatic carbocycles. The van der Waals surface area contributed by atoms with E-state index in [4.69, 9.17) is 5.11 Å². The number of carboxylic acids is 1. The molecule has 2 atom stereocenters. The van der Waals surface area contributed by atoms with Crippen LogP contribution in [0.3, 0.4) is 0 Å². The average molecular weight is 323 g/mol. The Bertz CT molecular complexity index is 559. The van der Waals surface area contributed by atoms with Gasteiger partial charge in [-0.25, -0.2) is 9.97 Å². The molecule has 0 spiro atoms. The summed E-state index contributed by atoms with van der Waals surface area (Å²) < 4.78 is 0. The molecule has 120 valence electrons. The van der Waals surface area contributed by atoms with E-state index in [1.54, 1.807) is 4.90 Å². The number of rotatable bonds is 4. The van der Waals surface area contributed by atoms with Crippen LogP contribution in [0.25, 0.3) is 0 Å². The van der Waals surface area contributed by atoms with Crippen LogP contribution in [0.4, 0.5) is 0 Å². The number of carboxylic acid groups (broad SMARTS) is 1. The van der Waals surface area contributed by atoms with Crippen molar-refractivity contribution in [2.75, 3.05) is 18.8 Å². The van der Waals surface area contributed by atoms with Gasteiger partial charge in [0.25, 0.3) is 0 Å². The van der Waals surface area contributed by atoms with Gasteiger partial charge in [0.2, 0.25) is 5.91 Å². The normalized spacial score (nSPS) is 21.7. The first-order chi connectivity index (χ1) is 10.3. The molecule has 0 radical (unpaired) electrons. The second kappa shape index (κ2) is 7.09. The number of thioether (sulfide) groups is 1. The number of aromatic nitrogens is 2. The molecule has 6 nitrogen and oxygen atoms in total. The third-order valence-corrected chi connectivity index (χ3v) is 4.48. The molecule has 1 fully saturated rings. The Morgan fingerprint density at radius 1 is 1.32 bits per heavy atom. The lowest BCUT2D eigenvalue weighted by Gasteiger charge is -2.34.